The molecule has 0 atom stereocenters. The Hall–Kier alpha value is -2.46. The molecule has 4 nitrogen and oxygen atoms in total. The minimum absolute atomic E-state index is 0.341. The van der Waals surface area contributed by atoms with E-state index in [0.29, 0.717) is 22.4 Å². The van der Waals surface area contributed by atoms with Gasteiger partial charge in [0.25, 0.3) is 0 Å². The Morgan fingerprint density at radius 2 is 1.90 bits per heavy atom. The fraction of sp³-hybridized carbons (Fsp3) is 0.0625. The number of anilines is 1. The van der Waals surface area contributed by atoms with Gasteiger partial charge in [0.05, 0.1) is 18.2 Å². The number of hydrogen-bond acceptors (Lipinski definition) is 4. The van der Waals surface area contributed by atoms with Gasteiger partial charge in [-0.1, -0.05) is 47.1 Å². The summed E-state index contributed by atoms with van der Waals surface area (Å²) in [5, 5.41) is 4.47. The summed E-state index contributed by atoms with van der Waals surface area (Å²) in [6.07, 6.45) is 0. The van der Waals surface area contributed by atoms with Crippen molar-refractivity contribution in [2.45, 2.75) is 0 Å². The van der Waals surface area contributed by atoms with Crippen LogP contribution in [-0.2, 0) is 0 Å². The smallest absolute Gasteiger partial charge is 0.180 e. The van der Waals surface area contributed by atoms with Crippen LogP contribution in [0, 0.1) is 0 Å². The molecule has 1 aromatic heterocycles. The molecule has 3 rings (SSSR count). The first-order valence-electron chi connectivity index (χ1n) is 6.35. The molecule has 0 aliphatic rings. The Balaban J connectivity index is 2.21. The third kappa shape index (κ3) is 2.45. The zero-order valence-corrected chi connectivity index (χ0v) is 12.1. The van der Waals surface area contributed by atoms with Crippen molar-refractivity contribution < 1.29 is 9.26 Å². The molecule has 2 aromatic carbocycles. The van der Waals surface area contributed by atoms with Gasteiger partial charge in [-0.2, -0.15) is 0 Å². The quantitative estimate of drug-likeness (QED) is 0.785. The summed E-state index contributed by atoms with van der Waals surface area (Å²) in [5.41, 5.74) is 8.40. The standard InChI is InChI=1S/C16H13ClN2O2/c1-20-13-9-11(17)7-8-12(13)15-14(16(18)19-21-15)10-5-3-2-4-6-10/h2-9H,1H3,(H2,18,19). The predicted molar refractivity (Wildman–Crippen MR) is 83.3 cm³/mol. The zero-order chi connectivity index (χ0) is 14.8. The van der Waals surface area contributed by atoms with Crippen LogP contribution < -0.4 is 10.5 Å². The van der Waals surface area contributed by atoms with Crippen molar-refractivity contribution in [2.24, 2.45) is 0 Å². The van der Waals surface area contributed by atoms with E-state index in [4.69, 9.17) is 26.6 Å². The molecule has 0 aliphatic heterocycles. The molecule has 0 saturated carbocycles. The van der Waals surface area contributed by atoms with Crippen molar-refractivity contribution in [1.82, 2.24) is 5.16 Å². The average molecular weight is 301 g/mol. The summed E-state index contributed by atoms with van der Waals surface area (Å²) in [7, 11) is 1.58. The van der Waals surface area contributed by atoms with Crippen LogP contribution in [0.15, 0.2) is 53.1 Å². The number of benzene rings is 2. The third-order valence-corrected chi connectivity index (χ3v) is 3.42. The molecule has 0 radical (unpaired) electrons. The second kappa shape index (κ2) is 5.50. The predicted octanol–water partition coefficient (Wildman–Crippen LogP) is 4.25. The molecule has 0 amide bonds. The van der Waals surface area contributed by atoms with Gasteiger partial charge in [-0.25, -0.2) is 0 Å². The molecule has 3 aromatic rings. The maximum Gasteiger partial charge on any atom is 0.180 e. The number of nitrogens with zero attached hydrogens (tertiary/aromatic N) is 1. The van der Waals surface area contributed by atoms with Crippen molar-refractivity contribution in [3.05, 3.63) is 53.6 Å². The third-order valence-electron chi connectivity index (χ3n) is 3.19. The number of rotatable bonds is 3. The highest BCUT2D eigenvalue weighted by Gasteiger charge is 2.20. The van der Waals surface area contributed by atoms with Crippen LogP contribution in [0.2, 0.25) is 5.02 Å². The minimum atomic E-state index is 0.341. The van der Waals surface area contributed by atoms with Gasteiger partial charge in [-0.3, -0.25) is 0 Å². The van der Waals surface area contributed by atoms with E-state index in [-0.39, 0.29) is 0 Å². The molecular weight excluding hydrogens is 288 g/mol. The molecule has 2 N–H and O–H groups in total. The van der Waals surface area contributed by atoms with Crippen LogP contribution in [0.25, 0.3) is 22.5 Å². The van der Waals surface area contributed by atoms with E-state index in [9.17, 15) is 0 Å². The molecule has 0 saturated heterocycles. The van der Waals surface area contributed by atoms with Crippen LogP contribution >= 0.6 is 11.6 Å². The molecule has 1 heterocycles. The summed E-state index contributed by atoms with van der Waals surface area (Å²) in [5.74, 6) is 1.51. The first kappa shape index (κ1) is 13.5. The highest BCUT2D eigenvalue weighted by Crippen LogP contribution is 2.41. The number of nitrogen functional groups attached to an aromatic ring is 1. The van der Waals surface area contributed by atoms with Crippen LogP contribution in [0.5, 0.6) is 5.75 Å². The van der Waals surface area contributed by atoms with Crippen molar-refractivity contribution >= 4 is 17.4 Å². The van der Waals surface area contributed by atoms with Crippen molar-refractivity contribution in [1.29, 1.82) is 0 Å². The van der Waals surface area contributed by atoms with E-state index in [1.165, 1.54) is 0 Å². The van der Waals surface area contributed by atoms with Gasteiger partial charge in [-0.15, -0.1) is 0 Å². The van der Waals surface area contributed by atoms with Gasteiger partial charge >= 0.3 is 0 Å². The molecule has 0 fully saturated rings. The van der Waals surface area contributed by atoms with E-state index < -0.39 is 0 Å². The molecule has 0 bridgehead atoms. The molecule has 0 aliphatic carbocycles. The fourth-order valence-electron chi connectivity index (χ4n) is 2.22. The monoisotopic (exact) mass is 300 g/mol. The first-order valence-corrected chi connectivity index (χ1v) is 6.73. The van der Waals surface area contributed by atoms with E-state index >= 15 is 0 Å². The first-order chi connectivity index (χ1) is 10.2. The molecule has 106 valence electrons. The fourth-order valence-corrected chi connectivity index (χ4v) is 2.38. The summed E-state index contributed by atoms with van der Waals surface area (Å²) < 4.78 is 10.8. The van der Waals surface area contributed by atoms with Crippen LogP contribution in [-0.4, -0.2) is 12.3 Å². The lowest BCUT2D eigenvalue weighted by Gasteiger charge is -2.08. The summed E-state index contributed by atoms with van der Waals surface area (Å²) >= 11 is 5.99. The zero-order valence-electron chi connectivity index (χ0n) is 11.3. The summed E-state index contributed by atoms with van der Waals surface area (Å²) in [6, 6.07) is 15.0. The maximum absolute atomic E-state index is 5.99. The van der Waals surface area contributed by atoms with E-state index in [1.807, 2.05) is 36.4 Å². The van der Waals surface area contributed by atoms with E-state index in [0.717, 1.165) is 16.7 Å². The summed E-state index contributed by atoms with van der Waals surface area (Å²) in [4.78, 5) is 0. The molecule has 5 heteroatoms. The number of aromatic nitrogens is 1. The van der Waals surface area contributed by atoms with Crippen LogP contribution in [0.4, 0.5) is 5.82 Å². The number of ether oxygens (including phenoxy) is 1. The highest BCUT2D eigenvalue weighted by molar-refractivity contribution is 6.30. The van der Waals surface area contributed by atoms with Crippen LogP contribution in [0.1, 0.15) is 0 Å². The summed E-state index contributed by atoms with van der Waals surface area (Å²) in [6.45, 7) is 0. The van der Waals surface area contributed by atoms with E-state index in [1.54, 1.807) is 19.2 Å². The Morgan fingerprint density at radius 3 is 2.62 bits per heavy atom. The normalized spacial score (nSPS) is 10.6. The number of methoxy groups -OCH3 is 1. The lowest BCUT2D eigenvalue weighted by atomic mass is 10.0. The maximum atomic E-state index is 5.99. The van der Waals surface area contributed by atoms with Crippen molar-refractivity contribution in [3.8, 4) is 28.2 Å². The van der Waals surface area contributed by atoms with Gasteiger partial charge in [0.2, 0.25) is 0 Å². The molecule has 21 heavy (non-hydrogen) atoms. The van der Waals surface area contributed by atoms with Gasteiger partial charge in [0.15, 0.2) is 11.6 Å². The van der Waals surface area contributed by atoms with Gasteiger partial charge in [0.1, 0.15) is 5.75 Å². The number of nitrogens with two attached hydrogens (primary N) is 1. The lowest BCUT2D eigenvalue weighted by molar-refractivity contribution is 0.407. The lowest BCUT2D eigenvalue weighted by Crippen LogP contribution is -1.91. The largest absolute Gasteiger partial charge is 0.496 e. The number of halogens is 1. The molecule has 0 spiro atoms. The van der Waals surface area contributed by atoms with E-state index in [2.05, 4.69) is 5.16 Å². The Labute approximate surface area is 127 Å². The Kier molecular flexibility index (Phi) is 3.54. The van der Waals surface area contributed by atoms with Crippen LogP contribution in [0.3, 0.4) is 0 Å². The van der Waals surface area contributed by atoms with Gasteiger partial charge in [-0.05, 0) is 23.8 Å². The van der Waals surface area contributed by atoms with Crippen molar-refractivity contribution in [2.75, 3.05) is 12.8 Å². The molecule has 0 unspecified atom stereocenters. The average Bonchev–Trinajstić information content (AvgIpc) is 2.89. The second-order valence-corrected chi connectivity index (χ2v) is 4.92. The molecular formula is C16H13ClN2O2. The second-order valence-electron chi connectivity index (χ2n) is 4.48. The van der Waals surface area contributed by atoms with Gasteiger partial charge < -0.3 is 15.0 Å². The number of hydrogen-bond donors (Lipinski definition) is 1. The topological polar surface area (TPSA) is 61.3 Å². The Morgan fingerprint density at radius 1 is 1.14 bits per heavy atom. The Bertz CT molecular complexity index is 769. The van der Waals surface area contributed by atoms with Crippen molar-refractivity contribution in [3.63, 3.8) is 0 Å². The highest BCUT2D eigenvalue weighted by atomic mass is 35.5. The van der Waals surface area contributed by atoms with Gasteiger partial charge in [0, 0.05) is 5.02 Å². The minimum Gasteiger partial charge on any atom is -0.496 e. The SMILES string of the molecule is COc1cc(Cl)ccc1-c1onc(N)c1-c1ccccc1.